The quantitative estimate of drug-likeness (QED) is 0.692. The van der Waals surface area contributed by atoms with Gasteiger partial charge >= 0.3 is 12.1 Å². The number of alkyl carbamates (subject to hydrolysis) is 1. The predicted molar refractivity (Wildman–Crippen MR) is 88.9 cm³/mol. The molecule has 2 rings (SSSR count). The third-order valence-corrected chi connectivity index (χ3v) is 4.60. The van der Waals surface area contributed by atoms with Gasteiger partial charge in [-0.15, -0.1) is 0 Å². The van der Waals surface area contributed by atoms with Gasteiger partial charge in [-0.1, -0.05) is 30.3 Å². The molecule has 1 atom stereocenters. The molecular weight excluding hydrogens is 434 g/mol. The van der Waals surface area contributed by atoms with Crippen LogP contribution < -0.4 is 5.32 Å². The molecule has 0 bridgehead atoms. The second kappa shape index (κ2) is 8.16. The maximum atomic E-state index is 11.9. The van der Waals surface area contributed by atoms with Crippen LogP contribution in [0.25, 0.3) is 0 Å². The van der Waals surface area contributed by atoms with E-state index in [4.69, 9.17) is 14.3 Å². The number of carboxylic acid groups (broad SMARTS) is 1. The number of aliphatic carboxylic acids is 1. The third-order valence-electron chi connectivity index (χ3n) is 2.89. The number of halogens is 2. The topological polar surface area (TPSA) is 88.8 Å². The number of rotatable bonds is 6. The molecule has 0 fully saturated rings. The van der Waals surface area contributed by atoms with Gasteiger partial charge in [-0.2, -0.15) is 0 Å². The number of amides is 1. The Morgan fingerprint density at radius 2 is 1.96 bits per heavy atom. The van der Waals surface area contributed by atoms with Crippen LogP contribution in [0.1, 0.15) is 23.8 Å². The molecule has 0 radical (unpaired) electrons. The molecule has 0 spiro atoms. The highest BCUT2D eigenvalue weighted by Crippen LogP contribution is 2.31. The van der Waals surface area contributed by atoms with Crippen LogP contribution in [0.2, 0.25) is 0 Å². The SMILES string of the molecule is O=C(O)C[C@@H](NC(=O)OCc1ccccc1)c1cc(Br)c(Br)o1. The van der Waals surface area contributed by atoms with Gasteiger partial charge in [0.05, 0.1) is 10.9 Å². The first-order valence-corrected chi connectivity index (χ1v) is 8.18. The molecule has 0 aliphatic rings. The highest BCUT2D eigenvalue weighted by molar-refractivity contribution is 9.13. The van der Waals surface area contributed by atoms with Crippen molar-refractivity contribution >= 4 is 43.9 Å². The van der Waals surface area contributed by atoms with Crippen molar-refractivity contribution in [1.82, 2.24) is 5.32 Å². The first-order valence-electron chi connectivity index (χ1n) is 6.59. The van der Waals surface area contributed by atoms with Crippen LogP contribution >= 0.6 is 31.9 Å². The van der Waals surface area contributed by atoms with Gasteiger partial charge in [0, 0.05) is 0 Å². The Bertz CT molecular complexity index is 667. The molecule has 0 aliphatic heterocycles. The Morgan fingerprint density at radius 3 is 2.52 bits per heavy atom. The highest BCUT2D eigenvalue weighted by Gasteiger charge is 2.23. The van der Waals surface area contributed by atoms with Crippen molar-refractivity contribution in [2.24, 2.45) is 0 Å². The van der Waals surface area contributed by atoms with Crippen LogP contribution in [0.15, 0.2) is 50.0 Å². The summed E-state index contributed by atoms with van der Waals surface area (Å²) in [6, 6.07) is 9.93. The lowest BCUT2D eigenvalue weighted by Crippen LogP contribution is -2.30. The molecule has 0 aliphatic carbocycles. The summed E-state index contributed by atoms with van der Waals surface area (Å²) in [4.78, 5) is 22.9. The molecule has 8 heteroatoms. The van der Waals surface area contributed by atoms with Crippen molar-refractivity contribution in [3.8, 4) is 0 Å². The van der Waals surface area contributed by atoms with Gasteiger partial charge in [0.1, 0.15) is 18.4 Å². The summed E-state index contributed by atoms with van der Waals surface area (Å²) in [5.41, 5.74) is 0.834. The number of carbonyl (C=O) groups excluding carboxylic acids is 1. The standard InChI is InChI=1S/C15H13Br2NO5/c16-10-6-12(23-14(10)17)11(7-13(19)20)18-15(21)22-8-9-4-2-1-3-5-9/h1-6,11H,7-8H2,(H,18,21)(H,19,20)/t11-/m1/s1. The molecule has 1 aromatic heterocycles. The molecular formula is C15H13Br2NO5. The molecule has 0 saturated carbocycles. The molecule has 122 valence electrons. The molecule has 1 aromatic carbocycles. The van der Waals surface area contributed by atoms with Crippen molar-refractivity contribution < 1.29 is 23.8 Å². The lowest BCUT2D eigenvalue weighted by Gasteiger charge is -2.14. The minimum Gasteiger partial charge on any atom is -0.481 e. The van der Waals surface area contributed by atoms with E-state index >= 15 is 0 Å². The molecule has 1 heterocycles. The summed E-state index contributed by atoms with van der Waals surface area (Å²) in [6.07, 6.45) is -1.05. The summed E-state index contributed by atoms with van der Waals surface area (Å²) >= 11 is 6.42. The summed E-state index contributed by atoms with van der Waals surface area (Å²) in [5, 5.41) is 11.5. The second-order valence-corrected chi connectivity index (χ2v) is 6.20. The number of benzene rings is 1. The molecule has 2 aromatic rings. The summed E-state index contributed by atoms with van der Waals surface area (Å²) < 4.78 is 11.5. The molecule has 1 amide bonds. The zero-order valence-corrected chi connectivity index (χ0v) is 15.0. The van der Waals surface area contributed by atoms with E-state index in [0.29, 0.717) is 14.9 Å². The Morgan fingerprint density at radius 1 is 1.26 bits per heavy atom. The van der Waals surface area contributed by atoms with Crippen LogP contribution in [0.3, 0.4) is 0 Å². The van der Waals surface area contributed by atoms with Crippen molar-refractivity contribution in [3.63, 3.8) is 0 Å². The van der Waals surface area contributed by atoms with Gasteiger partial charge in [-0.3, -0.25) is 4.79 Å². The monoisotopic (exact) mass is 445 g/mol. The van der Waals surface area contributed by atoms with Gasteiger partial charge in [0.15, 0.2) is 4.67 Å². The zero-order valence-electron chi connectivity index (χ0n) is 11.8. The fourth-order valence-corrected chi connectivity index (χ4v) is 2.45. The largest absolute Gasteiger partial charge is 0.481 e. The Labute approximate surface area is 149 Å². The van der Waals surface area contributed by atoms with E-state index in [0.717, 1.165) is 5.56 Å². The van der Waals surface area contributed by atoms with Crippen molar-refractivity contribution in [3.05, 3.63) is 56.9 Å². The Hall–Kier alpha value is -1.80. The average molecular weight is 447 g/mol. The minimum absolute atomic E-state index is 0.0952. The second-order valence-electron chi connectivity index (χ2n) is 4.63. The third kappa shape index (κ3) is 5.40. The Kier molecular flexibility index (Phi) is 6.23. The van der Waals surface area contributed by atoms with Crippen LogP contribution in [0, 0.1) is 0 Å². The fourth-order valence-electron chi connectivity index (χ4n) is 1.84. The maximum Gasteiger partial charge on any atom is 0.408 e. The predicted octanol–water partition coefficient (Wildman–Crippen LogP) is 4.25. The van der Waals surface area contributed by atoms with Crippen molar-refractivity contribution in [2.75, 3.05) is 0 Å². The van der Waals surface area contributed by atoms with Crippen LogP contribution in [0.5, 0.6) is 0 Å². The van der Waals surface area contributed by atoms with E-state index < -0.39 is 18.1 Å². The number of carbonyl (C=O) groups is 2. The van der Waals surface area contributed by atoms with Gasteiger partial charge in [0.25, 0.3) is 0 Å². The fraction of sp³-hybridized carbons (Fsp3) is 0.200. The average Bonchev–Trinajstić information content (AvgIpc) is 2.85. The van der Waals surface area contributed by atoms with Gasteiger partial charge in [0.2, 0.25) is 0 Å². The van der Waals surface area contributed by atoms with E-state index in [1.54, 1.807) is 6.07 Å². The number of ether oxygens (including phenoxy) is 1. The number of hydrogen-bond acceptors (Lipinski definition) is 4. The first kappa shape index (κ1) is 17.6. The summed E-state index contributed by atoms with van der Waals surface area (Å²) in [7, 11) is 0. The minimum atomic E-state index is -1.07. The van der Waals surface area contributed by atoms with E-state index in [1.807, 2.05) is 30.3 Å². The van der Waals surface area contributed by atoms with Gasteiger partial charge < -0.3 is 19.6 Å². The number of carboxylic acids is 1. The Balaban J connectivity index is 1.99. The lowest BCUT2D eigenvalue weighted by molar-refractivity contribution is -0.137. The lowest BCUT2D eigenvalue weighted by atomic mass is 10.1. The van der Waals surface area contributed by atoms with Crippen LogP contribution in [0.4, 0.5) is 4.79 Å². The van der Waals surface area contributed by atoms with Crippen LogP contribution in [-0.4, -0.2) is 17.2 Å². The smallest absolute Gasteiger partial charge is 0.408 e. The first-order chi connectivity index (χ1) is 11.0. The molecule has 23 heavy (non-hydrogen) atoms. The molecule has 0 saturated heterocycles. The van der Waals surface area contributed by atoms with Crippen molar-refractivity contribution in [2.45, 2.75) is 19.1 Å². The highest BCUT2D eigenvalue weighted by atomic mass is 79.9. The molecule has 6 nitrogen and oxygen atoms in total. The summed E-state index contributed by atoms with van der Waals surface area (Å²) in [6.45, 7) is 0.0952. The van der Waals surface area contributed by atoms with E-state index in [1.165, 1.54) is 0 Å². The van der Waals surface area contributed by atoms with E-state index in [9.17, 15) is 9.59 Å². The van der Waals surface area contributed by atoms with Gasteiger partial charge in [-0.05, 0) is 43.5 Å². The summed E-state index contributed by atoms with van der Waals surface area (Å²) in [5.74, 6) is -0.759. The number of nitrogens with one attached hydrogen (secondary N) is 1. The van der Waals surface area contributed by atoms with E-state index in [-0.39, 0.29) is 13.0 Å². The van der Waals surface area contributed by atoms with Gasteiger partial charge in [-0.25, -0.2) is 4.79 Å². The van der Waals surface area contributed by atoms with E-state index in [2.05, 4.69) is 37.2 Å². The normalized spacial score (nSPS) is 11.7. The number of furan rings is 1. The van der Waals surface area contributed by atoms with Crippen LogP contribution in [-0.2, 0) is 16.1 Å². The van der Waals surface area contributed by atoms with Crippen molar-refractivity contribution in [1.29, 1.82) is 0 Å². The molecule has 2 N–H and O–H groups in total. The number of hydrogen-bond donors (Lipinski definition) is 2. The maximum absolute atomic E-state index is 11.9. The zero-order chi connectivity index (χ0) is 16.8. The molecule has 0 unspecified atom stereocenters.